The molecule has 0 saturated heterocycles. The number of hydrogen-bond acceptors (Lipinski definition) is 2. The summed E-state index contributed by atoms with van der Waals surface area (Å²) in [5.41, 5.74) is 2.11. The first-order valence-electron chi connectivity index (χ1n) is 6.95. The lowest BCUT2D eigenvalue weighted by molar-refractivity contribution is -0.115. The second-order valence-corrected chi connectivity index (χ2v) is 6.88. The van der Waals surface area contributed by atoms with Gasteiger partial charge in [-0.05, 0) is 31.5 Å². The maximum atomic E-state index is 13.5. The number of carbonyl (C=O) groups is 1. The first-order chi connectivity index (χ1) is 10.5. The average molecular weight is 319 g/mol. The third-order valence-corrected chi connectivity index (χ3v) is 4.91. The van der Waals surface area contributed by atoms with Crippen molar-refractivity contribution in [3.63, 3.8) is 0 Å². The van der Waals surface area contributed by atoms with Crippen LogP contribution in [-0.4, -0.2) is 15.4 Å². The molecule has 116 valence electrons. The number of amides is 1. The fourth-order valence-corrected chi connectivity index (χ4v) is 3.06. The van der Waals surface area contributed by atoms with Gasteiger partial charge in [0.2, 0.25) is 5.91 Å². The van der Waals surface area contributed by atoms with Gasteiger partial charge in [0.15, 0.2) is 0 Å². The van der Waals surface area contributed by atoms with Gasteiger partial charge in [-0.2, -0.15) is 0 Å². The molecule has 0 aliphatic heterocycles. The van der Waals surface area contributed by atoms with Crippen LogP contribution in [0.15, 0.2) is 48.5 Å². The number of hydrogen-bond donors (Lipinski definition) is 1. The zero-order valence-electron chi connectivity index (χ0n) is 12.5. The van der Waals surface area contributed by atoms with Gasteiger partial charge in [0.1, 0.15) is 11.1 Å². The van der Waals surface area contributed by atoms with E-state index in [0.717, 1.165) is 11.1 Å². The number of para-hydroxylation sites is 1. The van der Waals surface area contributed by atoms with Crippen LogP contribution in [0, 0.1) is 12.7 Å². The van der Waals surface area contributed by atoms with Crippen molar-refractivity contribution in [2.24, 2.45) is 0 Å². The highest BCUT2D eigenvalue weighted by Gasteiger charge is 2.21. The first kappa shape index (κ1) is 16.4. The molecule has 0 heterocycles. The molecule has 3 nitrogen and oxygen atoms in total. The fraction of sp³-hybridized carbons (Fsp3) is 0.235. The number of anilines is 1. The van der Waals surface area contributed by atoms with Crippen LogP contribution in [0.4, 0.5) is 10.1 Å². The lowest BCUT2D eigenvalue weighted by Gasteiger charge is -2.13. The fourth-order valence-electron chi connectivity index (χ4n) is 2.01. The van der Waals surface area contributed by atoms with E-state index in [2.05, 4.69) is 5.32 Å². The van der Waals surface area contributed by atoms with Crippen LogP contribution in [0.25, 0.3) is 0 Å². The van der Waals surface area contributed by atoms with E-state index in [-0.39, 0.29) is 5.69 Å². The summed E-state index contributed by atoms with van der Waals surface area (Å²) in [5.74, 6) is -0.656. The molecule has 1 amide bonds. The summed E-state index contributed by atoms with van der Waals surface area (Å²) in [5, 5.41) is 1.76. The van der Waals surface area contributed by atoms with Crippen molar-refractivity contribution in [2.45, 2.75) is 24.9 Å². The van der Waals surface area contributed by atoms with Gasteiger partial charge in [0.05, 0.1) is 5.69 Å². The number of rotatable bonds is 5. The number of halogens is 1. The Morgan fingerprint density at radius 1 is 1.23 bits per heavy atom. The molecule has 2 aromatic rings. The second kappa shape index (κ2) is 7.31. The van der Waals surface area contributed by atoms with Crippen molar-refractivity contribution in [1.29, 1.82) is 0 Å². The maximum Gasteiger partial charge on any atom is 0.239 e. The van der Waals surface area contributed by atoms with Gasteiger partial charge in [-0.15, -0.1) is 0 Å². The van der Waals surface area contributed by atoms with Crippen LogP contribution in [0.2, 0.25) is 0 Å². The highest BCUT2D eigenvalue weighted by Crippen LogP contribution is 2.15. The molecule has 0 bridgehead atoms. The quantitative estimate of drug-likeness (QED) is 0.918. The van der Waals surface area contributed by atoms with Gasteiger partial charge in [-0.1, -0.05) is 42.0 Å². The van der Waals surface area contributed by atoms with Crippen molar-refractivity contribution in [3.05, 3.63) is 65.5 Å². The molecule has 0 spiro atoms. The molecule has 0 aromatic heterocycles. The van der Waals surface area contributed by atoms with Crippen LogP contribution < -0.4 is 5.32 Å². The van der Waals surface area contributed by atoms with Gasteiger partial charge in [0, 0.05) is 16.6 Å². The van der Waals surface area contributed by atoms with E-state index >= 15 is 0 Å². The number of benzene rings is 2. The topological polar surface area (TPSA) is 46.2 Å². The molecule has 22 heavy (non-hydrogen) atoms. The summed E-state index contributed by atoms with van der Waals surface area (Å²) < 4.78 is 25.8. The SMILES string of the molecule is Cc1cccc(C[S@](=O)[C@H](C)C(=O)Nc2ccccc2F)c1. The molecule has 0 aliphatic carbocycles. The summed E-state index contributed by atoms with van der Waals surface area (Å²) in [6, 6.07) is 13.6. The van der Waals surface area contributed by atoms with Crippen molar-refractivity contribution in [1.82, 2.24) is 0 Å². The minimum Gasteiger partial charge on any atom is -0.323 e. The molecule has 2 atom stereocenters. The van der Waals surface area contributed by atoms with E-state index in [0.29, 0.717) is 5.75 Å². The summed E-state index contributed by atoms with van der Waals surface area (Å²) in [7, 11) is -1.37. The monoisotopic (exact) mass is 319 g/mol. The van der Waals surface area contributed by atoms with Gasteiger partial charge >= 0.3 is 0 Å². The van der Waals surface area contributed by atoms with E-state index < -0.39 is 27.8 Å². The molecule has 2 aromatic carbocycles. The summed E-state index contributed by atoms with van der Waals surface area (Å²) in [6.07, 6.45) is 0. The molecular formula is C17H18FNO2S. The van der Waals surface area contributed by atoms with Crippen LogP contribution >= 0.6 is 0 Å². The number of nitrogens with one attached hydrogen (secondary N) is 1. The maximum absolute atomic E-state index is 13.5. The highest BCUT2D eigenvalue weighted by molar-refractivity contribution is 7.85. The standard InChI is InChI=1S/C17H18FNO2S/c1-12-6-5-7-14(10-12)11-22(21)13(2)17(20)19-16-9-4-3-8-15(16)18/h3-10,13H,11H2,1-2H3,(H,19,20)/t13-,22+/m1/s1. The third kappa shape index (κ3) is 4.24. The smallest absolute Gasteiger partial charge is 0.239 e. The number of carbonyl (C=O) groups excluding carboxylic acids is 1. The van der Waals surface area contributed by atoms with Crippen LogP contribution in [-0.2, 0) is 21.3 Å². The van der Waals surface area contributed by atoms with Crippen molar-refractivity contribution in [2.75, 3.05) is 5.32 Å². The van der Waals surface area contributed by atoms with E-state index in [4.69, 9.17) is 0 Å². The van der Waals surface area contributed by atoms with Gasteiger partial charge in [-0.3, -0.25) is 9.00 Å². The predicted molar refractivity (Wildman–Crippen MR) is 87.5 cm³/mol. The Balaban J connectivity index is 2.01. The van der Waals surface area contributed by atoms with Gasteiger partial charge < -0.3 is 5.32 Å². The molecule has 0 unspecified atom stereocenters. The summed E-state index contributed by atoms with van der Waals surface area (Å²) in [4.78, 5) is 12.1. The Morgan fingerprint density at radius 2 is 1.95 bits per heavy atom. The zero-order valence-corrected chi connectivity index (χ0v) is 13.3. The molecule has 0 aliphatic rings. The Kier molecular flexibility index (Phi) is 5.44. The van der Waals surface area contributed by atoms with E-state index in [9.17, 15) is 13.4 Å². The van der Waals surface area contributed by atoms with Crippen molar-refractivity contribution in [3.8, 4) is 0 Å². The molecule has 0 radical (unpaired) electrons. The second-order valence-electron chi connectivity index (χ2n) is 5.13. The minimum atomic E-state index is -1.37. The Hall–Kier alpha value is -2.01. The largest absolute Gasteiger partial charge is 0.323 e. The molecule has 2 rings (SSSR count). The van der Waals surface area contributed by atoms with E-state index in [1.54, 1.807) is 19.1 Å². The Morgan fingerprint density at radius 3 is 2.64 bits per heavy atom. The molecular weight excluding hydrogens is 301 g/mol. The Labute approximate surface area is 132 Å². The van der Waals surface area contributed by atoms with E-state index in [1.807, 2.05) is 31.2 Å². The van der Waals surface area contributed by atoms with Crippen LogP contribution in [0.1, 0.15) is 18.1 Å². The third-order valence-electron chi connectivity index (χ3n) is 3.29. The molecule has 1 N–H and O–H groups in total. The lowest BCUT2D eigenvalue weighted by Crippen LogP contribution is -2.30. The highest BCUT2D eigenvalue weighted by atomic mass is 32.2. The molecule has 5 heteroatoms. The van der Waals surface area contributed by atoms with Crippen LogP contribution in [0.5, 0.6) is 0 Å². The van der Waals surface area contributed by atoms with Crippen LogP contribution in [0.3, 0.4) is 0 Å². The van der Waals surface area contributed by atoms with Gasteiger partial charge in [-0.25, -0.2) is 4.39 Å². The lowest BCUT2D eigenvalue weighted by atomic mass is 10.2. The Bertz CT molecular complexity index is 703. The summed E-state index contributed by atoms with van der Waals surface area (Å²) in [6.45, 7) is 3.54. The average Bonchev–Trinajstić information content (AvgIpc) is 2.48. The number of aryl methyl sites for hydroxylation is 1. The predicted octanol–water partition coefficient (Wildman–Crippen LogP) is 3.41. The normalized spacial score (nSPS) is 13.4. The zero-order chi connectivity index (χ0) is 16.1. The molecule has 0 fully saturated rings. The minimum absolute atomic E-state index is 0.104. The first-order valence-corrected chi connectivity index (χ1v) is 8.33. The van der Waals surface area contributed by atoms with Crippen molar-refractivity contribution >= 4 is 22.4 Å². The van der Waals surface area contributed by atoms with E-state index in [1.165, 1.54) is 12.1 Å². The molecule has 0 saturated carbocycles. The van der Waals surface area contributed by atoms with Crippen molar-refractivity contribution < 1.29 is 13.4 Å². The van der Waals surface area contributed by atoms with Gasteiger partial charge in [0.25, 0.3) is 0 Å². The summed E-state index contributed by atoms with van der Waals surface area (Å²) >= 11 is 0.